The fourth-order valence-electron chi connectivity index (χ4n) is 1.83. The van der Waals surface area contributed by atoms with E-state index in [9.17, 15) is 0 Å². The average molecular weight is 294 g/mol. The SMILES string of the molecule is CCCN(CC)c1ncc2c(Br)cccc2n1. The minimum atomic E-state index is 0.819. The zero-order chi connectivity index (χ0) is 12.3. The van der Waals surface area contributed by atoms with Gasteiger partial charge in [-0.1, -0.05) is 28.9 Å². The van der Waals surface area contributed by atoms with Gasteiger partial charge in [0, 0.05) is 29.1 Å². The van der Waals surface area contributed by atoms with Crippen LogP contribution in [-0.4, -0.2) is 23.1 Å². The molecule has 0 bridgehead atoms. The lowest BCUT2D eigenvalue weighted by molar-refractivity contribution is 0.765. The fourth-order valence-corrected chi connectivity index (χ4v) is 2.29. The van der Waals surface area contributed by atoms with Crippen LogP contribution in [0.15, 0.2) is 28.9 Å². The smallest absolute Gasteiger partial charge is 0.225 e. The Balaban J connectivity index is 2.43. The van der Waals surface area contributed by atoms with Gasteiger partial charge in [0.2, 0.25) is 5.95 Å². The molecular weight excluding hydrogens is 278 g/mol. The number of fused-ring (bicyclic) bond motifs is 1. The first-order valence-electron chi connectivity index (χ1n) is 5.92. The third-order valence-corrected chi connectivity index (χ3v) is 3.41. The Morgan fingerprint density at radius 3 is 2.82 bits per heavy atom. The van der Waals surface area contributed by atoms with E-state index in [4.69, 9.17) is 0 Å². The molecule has 0 N–H and O–H groups in total. The van der Waals surface area contributed by atoms with Gasteiger partial charge in [-0.05, 0) is 25.5 Å². The van der Waals surface area contributed by atoms with E-state index < -0.39 is 0 Å². The molecule has 0 amide bonds. The molecule has 2 rings (SSSR count). The quantitative estimate of drug-likeness (QED) is 0.862. The van der Waals surface area contributed by atoms with Crippen molar-refractivity contribution in [2.75, 3.05) is 18.0 Å². The second-order valence-corrected chi connectivity index (χ2v) is 4.78. The van der Waals surface area contributed by atoms with Crippen molar-refractivity contribution in [3.8, 4) is 0 Å². The molecule has 0 saturated carbocycles. The van der Waals surface area contributed by atoms with E-state index in [1.807, 2.05) is 24.4 Å². The molecule has 17 heavy (non-hydrogen) atoms. The predicted molar refractivity (Wildman–Crippen MR) is 75.4 cm³/mol. The Kier molecular flexibility index (Phi) is 3.94. The normalized spacial score (nSPS) is 10.8. The van der Waals surface area contributed by atoms with Crippen LogP contribution in [0.25, 0.3) is 10.9 Å². The molecular formula is C13H16BrN3. The maximum absolute atomic E-state index is 4.61. The molecule has 3 nitrogen and oxygen atoms in total. The van der Waals surface area contributed by atoms with E-state index in [1.54, 1.807) is 0 Å². The summed E-state index contributed by atoms with van der Waals surface area (Å²) in [5.41, 5.74) is 0.985. The highest BCUT2D eigenvalue weighted by Gasteiger charge is 2.08. The Morgan fingerprint density at radius 2 is 2.12 bits per heavy atom. The summed E-state index contributed by atoms with van der Waals surface area (Å²) >= 11 is 3.51. The molecule has 0 aliphatic heterocycles. The minimum Gasteiger partial charge on any atom is -0.341 e. The first kappa shape index (κ1) is 12.3. The maximum atomic E-state index is 4.61. The topological polar surface area (TPSA) is 29.0 Å². The van der Waals surface area contributed by atoms with Crippen LogP contribution in [0.5, 0.6) is 0 Å². The van der Waals surface area contributed by atoms with Gasteiger partial charge < -0.3 is 4.90 Å². The zero-order valence-electron chi connectivity index (χ0n) is 10.2. The molecule has 0 aliphatic rings. The third kappa shape index (κ3) is 2.57. The lowest BCUT2D eigenvalue weighted by Gasteiger charge is -2.19. The van der Waals surface area contributed by atoms with Crippen LogP contribution < -0.4 is 4.90 Å². The predicted octanol–water partition coefficient (Wildman–Crippen LogP) is 3.63. The maximum Gasteiger partial charge on any atom is 0.225 e. The monoisotopic (exact) mass is 293 g/mol. The largest absolute Gasteiger partial charge is 0.341 e. The molecule has 4 heteroatoms. The highest BCUT2D eigenvalue weighted by atomic mass is 79.9. The first-order chi connectivity index (χ1) is 8.26. The van der Waals surface area contributed by atoms with Gasteiger partial charge in [0.15, 0.2) is 0 Å². The van der Waals surface area contributed by atoms with Crippen LogP contribution in [0.2, 0.25) is 0 Å². The number of hydrogen-bond acceptors (Lipinski definition) is 3. The molecule has 2 aromatic rings. The van der Waals surface area contributed by atoms with E-state index in [0.29, 0.717) is 0 Å². The standard InChI is InChI=1S/C13H16BrN3/c1-3-8-17(4-2)13-15-9-10-11(14)6-5-7-12(10)16-13/h5-7,9H,3-4,8H2,1-2H3. The first-order valence-corrected chi connectivity index (χ1v) is 6.71. The summed E-state index contributed by atoms with van der Waals surface area (Å²) in [7, 11) is 0. The Hall–Kier alpha value is -1.16. The van der Waals surface area contributed by atoms with Crippen LogP contribution in [0.4, 0.5) is 5.95 Å². The summed E-state index contributed by atoms with van der Waals surface area (Å²) in [6.07, 6.45) is 2.99. The number of aromatic nitrogens is 2. The van der Waals surface area contributed by atoms with Crippen molar-refractivity contribution in [3.63, 3.8) is 0 Å². The minimum absolute atomic E-state index is 0.819. The number of benzene rings is 1. The Morgan fingerprint density at radius 1 is 1.29 bits per heavy atom. The molecule has 0 aliphatic carbocycles. The van der Waals surface area contributed by atoms with Crippen LogP contribution >= 0.6 is 15.9 Å². The van der Waals surface area contributed by atoms with E-state index >= 15 is 0 Å². The number of rotatable bonds is 4. The summed E-state index contributed by atoms with van der Waals surface area (Å²) < 4.78 is 1.04. The molecule has 1 heterocycles. The summed E-state index contributed by atoms with van der Waals surface area (Å²) in [5, 5.41) is 1.06. The van der Waals surface area contributed by atoms with E-state index in [1.165, 1.54) is 0 Å². The van der Waals surface area contributed by atoms with Gasteiger partial charge in [-0.3, -0.25) is 0 Å². The number of halogens is 1. The highest BCUT2D eigenvalue weighted by Crippen LogP contribution is 2.23. The van der Waals surface area contributed by atoms with Crippen molar-refractivity contribution >= 4 is 32.8 Å². The van der Waals surface area contributed by atoms with E-state index in [0.717, 1.165) is 40.8 Å². The summed E-state index contributed by atoms with van der Waals surface area (Å²) in [6, 6.07) is 6.03. The van der Waals surface area contributed by atoms with Gasteiger partial charge in [-0.2, -0.15) is 0 Å². The van der Waals surface area contributed by atoms with Crippen molar-refractivity contribution in [2.45, 2.75) is 20.3 Å². The molecule has 1 aromatic carbocycles. The number of nitrogens with zero attached hydrogens (tertiary/aromatic N) is 3. The molecule has 0 radical (unpaired) electrons. The van der Waals surface area contributed by atoms with Gasteiger partial charge in [0.1, 0.15) is 0 Å². The van der Waals surface area contributed by atoms with E-state index in [-0.39, 0.29) is 0 Å². The van der Waals surface area contributed by atoms with Gasteiger partial charge in [0.25, 0.3) is 0 Å². The average Bonchev–Trinajstić information content (AvgIpc) is 2.36. The molecule has 0 unspecified atom stereocenters. The van der Waals surface area contributed by atoms with Crippen molar-refractivity contribution in [3.05, 3.63) is 28.9 Å². The lowest BCUT2D eigenvalue weighted by atomic mass is 10.2. The van der Waals surface area contributed by atoms with Gasteiger partial charge in [0.05, 0.1) is 5.52 Å². The number of anilines is 1. The highest BCUT2D eigenvalue weighted by molar-refractivity contribution is 9.10. The van der Waals surface area contributed by atoms with E-state index in [2.05, 4.69) is 44.6 Å². The summed E-state index contributed by atoms with van der Waals surface area (Å²) in [4.78, 5) is 11.2. The third-order valence-electron chi connectivity index (χ3n) is 2.72. The van der Waals surface area contributed by atoms with Crippen LogP contribution in [0.3, 0.4) is 0 Å². The second kappa shape index (κ2) is 5.45. The molecule has 0 saturated heterocycles. The fraction of sp³-hybridized carbons (Fsp3) is 0.385. The summed E-state index contributed by atoms with van der Waals surface area (Å²) in [6.45, 7) is 6.23. The van der Waals surface area contributed by atoms with Crippen molar-refractivity contribution in [1.29, 1.82) is 0 Å². The van der Waals surface area contributed by atoms with Crippen molar-refractivity contribution in [1.82, 2.24) is 9.97 Å². The molecule has 1 aromatic heterocycles. The van der Waals surface area contributed by atoms with Gasteiger partial charge >= 0.3 is 0 Å². The van der Waals surface area contributed by atoms with Gasteiger partial charge in [-0.15, -0.1) is 0 Å². The molecule has 90 valence electrons. The summed E-state index contributed by atoms with van der Waals surface area (Å²) in [5.74, 6) is 0.819. The van der Waals surface area contributed by atoms with Crippen LogP contribution in [0, 0.1) is 0 Å². The molecule has 0 fully saturated rings. The zero-order valence-corrected chi connectivity index (χ0v) is 11.7. The Bertz CT molecular complexity index is 513. The molecule has 0 atom stereocenters. The van der Waals surface area contributed by atoms with Gasteiger partial charge in [-0.25, -0.2) is 9.97 Å². The van der Waals surface area contributed by atoms with Crippen molar-refractivity contribution < 1.29 is 0 Å². The second-order valence-electron chi connectivity index (χ2n) is 3.92. The van der Waals surface area contributed by atoms with Crippen LogP contribution in [0.1, 0.15) is 20.3 Å². The van der Waals surface area contributed by atoms with Crippen LogP contribution in [-0.2, 0) is 0 Å². The lowest BCUT2D eigenvalue weighted by Crippen LogP contribution is -2.25. The van der Waals surface area contributed by atoms with Crippen molar-refractivity contribution in [2.24, 2.45) is 0 Å². The molecule has 0 spiro atoms. The Labute approximate surface area is 110 Å². The number of hydrogen-bond donors (Lipinski definition) is 0.